The van der Waals surface area contributed by atoms with Crippen molar-refractivity contribution in [3.63, 3.8) is 0 Å². The highest BCUT2D eigenvalue weighted by molar-refractivity contribution is 5.72. The van der Waals surface area contributed by atoms with E-state index in [-0.39, 0.29) is 12.1 Å². The monoisotopic (exact) mass is 218 g/mol. The summed E-state index contributed by atoms with van der Waals surface area (Å²) >= 11 is 0. The summed E-state index contributed by atoms with van der Waals surface area (Å²) in [6, 6.07) is 8.11. The molecule has 1 aromatic rings. The van der Waals surface area contributed by atoms with Crippen molar-refractivity contribution in [2.45, 2.75) is 32.2 Å². The minimum atomic E-state index is -0.298. The lowest BCUT2D eigenvalue weighted by molar-refractivity contribution is 0.159. The molecule has 0 bridgehead atoms. The average Bonchev–Trinajstić information content (AvgIpc) is 2.29. The predicted molar refractivity (Wildman–Crippen MR) is 64.1 cm³/mol. The lowest BCUT2D eigenvalue weighted by Crippen LogP contribution is -2.41. The highest BCUT2D eigenvalue weighted by atomic mass is 16.2. The second kappa shape index (κ2) is 4.56. The van der Waals surface area contributed by atoms with Gasteiger partial charge in [0.2, 0.25) is 0 Å². The van der Waals surface area contributed by atoms with E-state index in [0.29, 0.717) is 0 Å². The number of hydrogen-bond donors (Lipinski definition) is 1. The van der Waals surface area contributed by atoms with Crippen LogP contribution in [-0.4, -0.2) is 17.5 Å². The Morgan fingerprint density at radius 2 is 2.12 bits per heavy atom. The number of urea groups is 1. The molecule has 1 heterocycles. The Bertz CT molecular complexity index is 389. The van der Waals surface area contributed by atoms with Crippen LogP contribution >= 0.6 is 0 Å². The van der Waals surface area contributed by atoms with Gasteiger partial charge in [0.15, 0.2) is 0 Å². The summed E-state index contributed by atoms with van der Waals surface area (Å²) in [6.07, 6.45) is 3.25. The molecule has 1 aliphatic heterocycles. The fourth-order valence-corrected chi connectivity index (χ4v) is 2.48. The molecule has 0 aliphatic carbocycles. The van der Waals surface area contributed by atoms with Crippen LogP contribution in [0.5, 0.6) is 0 Å². The van der Waals surface area contributed by atoms with Gasteiger partial charge in [-0.15, -0.1) is 0 Å². The molecule has 2 N–H and O–H groups in total. The number of likely N-dealkylation sites (tertiary alicyclic amines) is 1. The molecule has 2 amide bonds. The molecule has 16 heavy (non-hydrogen) atoms. The first-order chi connectivity index (χ1) is 7.70. The summed E-state index contributed by atoms with van der Waals surface area (Å²) in [7, 11) is 0. The van der Waals surface area contributed by atoms with E-state index in [1.165, 1.54) is 17.5 Å². The third-order valence-electron chi connectivity index (χ3n) is 3.33. The highest BCUT2D eigenvalue weighted by Gasteiger charge is 2.27. The van der Waals surface area contributed by atoms with Crippen molar-refractivity contribution < 1.29 is 4.79 Å². The van der Waals surface area contributed by atoms with E-state index < -0.39 is 0 Å². The summed E-state index contributed by atoms with van der Waals surface area (Å²) in [5.74, 6) is 0. The smallest absolute Gasteiger partial charge is 0.315 e. The second-order valence-electron chi connectivity index (χ2n) is 4.40. The van der Waals surface area contributed by atoms with Crippen molar-refractivity contribution in [2.75, 3.05) is 6.54 Å². The van der Waals surface area contributed by atoms with E-state index in [9.17, 15) is 4.79 Å². The fraction of sp³-hybridized carbons (Fsp3) is 0.462. The normalized spacial score (nSPS) is 20.8. The van der Waals surface area contributed by atoms with Crippen molar-refractivity contribution in [2.24, 2.45) is 5.73 Å². The van der Waals surface area contributed by atoms with Crippen molar-refractivity contribution >= 4 is 6.03 Å². The number of primary amides is 1. The number of nitrogens with two attached hydrogens (primary N) is 1. The molecule has 1 atom stereocenters. The van der Waals surface area contributed by atoms with Crippen LogP contribution in [0.2, 0.25) is 0 Å². The van der Waals surface area contributed by atoms with Gasteiger partial charge in [-0.1, -0.05) is 24.3 Å². The van der Waals surface area contributed by atoms with Crippen LogP contribution in [0.1, 0.15) is 36.4 Å². The molecule has 0 spiro atoms. The topological polar surface area (TPSA) is 46.3 Å². The molecule has 3 nitrogen and oxygen atoms in total. The van der Waals surface area contributed by atoms with Gasteiger partial charge >= 0.3 is 6.03 Å². The zero-order valence-electron chi connectivity index (χ0n) is 9.65. The number of nitrogens with zero attached hydrogens (tertiary/aromatic N) is 1. The zero-order valence-corrected chi connectivity index (χ0v) is 9.65. The SMILES string of the molecule is Cc1ccccc1C1CCCCN1C(N)=O. The largest absolute Gasteiger partial charge is 0.351 e. The van der Waals surface area contributed by atoms with E-state index in [0.717, 1.165) is 19.4 Å². The summed E-state index contributed by atoms with van der Waals surface area (Å²) in [5, 5.41) is 0. The average molecular weight is 218 g/mol. The van der Waals surface area contributed by atoms with Crippen LogP contribution in [0.15, 0.2) is 24.3 Å². The molecule has 2 rings (SSSR count). The minimum Gasteiger partial charge on any atom is -0.351 e. The van der Waals surface area contributed by atoms with Crippen LogP contribution in [0.3, 0.4) is 0 Å². The first-order valence-corrected chi connectivity index (χ1v) is 5.82. The molecule has 0 saturated carbocycles. The highest BCUT2D eigenvalue weighted by Crippen LogP contribution is 2.32. The summed E-state index contributed by atoms with van der Waals surface area (Å²) in [4.78, 5) is 13.2. The summed E-state index contributed by atoms with van der Waals surface area (Å²) in [6.45, 7) is 2.87. The number of rotatable bonds is 1. The van der Waals surface area contributed by atoms with Crippen LogP contribution in [0.25, 0.3) is 0 Å². The Morgan fingerprint density at radius 3 is 2.81 bits per heavy atom. The number of benzene rings is 1. The molecule has 1 fully saturated rings. The number of amides is 2. The molecule has 86 valence electrons. The summed E-state index contributed by atoms with van der Waals surface area (Å²) in [5.41, 5.74) is 7.91. The van der Waals surface area contributed by atoms with Gasteiger partial charge in [-0.3, -0.25) is 0 Å². The van der Waals surface area contributed by atoms with Gasteiger partial charge < -0.3 is 10.6 Å². The van der Waals surface area contributed by atoms with Gasteiger partial charge in [0, 0.05) is 6.54 Å². The minimum absolute atomic E-state index is 0.174. The summed E-state index contributed by atoms with van der Waals surface area (Å²) < 4.78 is 0. The van der Waals surface area contributed by atoms with Gasteiger partial charge in [0.05, 0.1) is 6.04 Å². The van der Waals surface area contributed by atoms with E-state index in [1.807, 2.05) is 12.1 Å². The Balaban J connectivity index is 2.30. The molecule has 0 radical (unpaired) electrons. The third kappa shape index (κ3) is 2.03. The lowest BCUT2D eigenvalue weighted by atomic mass is 9.92. The second-order valence-corrected chi connectivity index (χ2v) is 4.40. The first-order valence-electron chi connectivity index (χ1n) is 5.82. The Morgan fingerprint density at radius 1 is 1.38 bits per heavy atom. The van der Waals surface area contributed by atoms with E-state index in [4.69, 9.17) is 5.73 Å². The number of carbonyl (C=O) groups excluding carboxylic acids is 1. The molecular formula is C13H18N2O. The molecule has 1 aromatic carbocycles. The quantitative estimate of drug-likeness (QED) is 0.773. The first kappa shape index (κ1) is 11.0. The lowest BCUT2D eigenvalue weighted by Gasteiger charge is -2.35. The van der Waals surface area contributed by atoms with Gasteiger partial charge in [-0.05, 0) is 37.3 Å². The predicted octanol–water partition coefficient (Wildman–Crippen LogP) is 2.60. The van der Waals surface area contributed by atoms with E-state index >= 15 is 0 Å². The van der Waals surface area contributed by atoms with E-state index in [1.54, 1.807) is 4.90 Å². The number of aryl methyl sites for hydroxylation is 1. The third-order valence-corrected chi connectivity index (χ3v) is 3.33. The molecular weight excluding hydrogens is 200 g/mol. The molecule has 1 aliphatic rings. The zero-order chi connectivity index (χ0) is 11.5. The maximum Gasteiger partial charge on any atom is 0.315 e. The van der Waals surface area contributed by atoms with Crippen molar-refractivity contribution in [3.05, 3.63) is 35.4 Å². The molecule has 1 unspecified atom stereocenters. The molecule has 3 heteroatoms. The van der Waals surface area contributed by atoms with Crippen LogP contribution in [0.4, 0.5) is 4.79 Å². The Kier molecular flexibility index (Phi) is 3.13. The number of carbonyl (C=O) groups is 1. The van der Waals surface area contributed by atoms with Crippen LogP contribution < -0.4 is 5.73 Å². The molecule has 1 saturated heterocycles. The standard InChI is InChI=1S/C13H18N2O/c1-10-6-2-3-7-11(10)12-8-4-5-9-15(12)13(14)16/h2-3,6-7,12H,4-5,8-9H2,1H3,(H2,14,16). The van der Waals surface area contributed by atoms with Gasteiger partial charge in [0.25, 0.3) is 0 Å². The van der Waals surface area contributed by atoms with Crippen LogP contribution in [0, 0.1) is 6.92 Å². The maximum atomic E-state index is 11.4. The van der Waals surface area contributed by atoms with Gasteiger partial charge in [-0.25, -0.2) is 4.79 Å². The van der Waals surface area contributed by atoms with Crippen molar-refractivity contribution in [1.82, 2.24) is 4.90 Å². The van der Waals surface area contributed by atoms with E-state index in [2.05, 4.69) is 19.1 Å². The number of piperidine rings is 1. The molecule has 0 aromatic heterocycles. The fourth-order valence-electron chi connectivity index (χ4n) is 2.48. The van der Waals surface area contributed by atoms with Crippen molar-refractivity contribution in [1.29, 1.82) is 0 Å². The van der Waals surface area contributed by atoms with Gasteiger partial charge in [0.1, 0.15) is 0 Å². The number of hydrogen-bond acceptors (Lipinski definition) is 1. The van der Waals surface area contributed by atoms with Gasteiger partial charge in [-0.2, -0.15) is 0 Å². The Labute approximate surface area is 96.2 Å². The van der Waals surface area contributed by atoms with Crippen LogP contribution in [-0.2, 0) is 0 Å². The maximum absolute atomic E-state index is 11.4. The van der Waals surface area contributed by atoms with Crippen molar-refractivity contribution in [3.8, 4) is 0 Å². The Hall–Kier alpha value is -1.51.